The van der Waals surface area contributed by atoms with Gasteiger partial charge in [-0.3, -0.25) is 4.68 Å². The Kier molecular flexibility index (Phi) is 7.10. The molecule has 22 heavy (non-hydrogen) atoms. The molecule has 1 heterocycles. The Labute approximate surface area is 134 Å². The van der Waals surface area contributed by atoms with Gasteiger partial charge in [0, 0.05) is 13.1 Å². The second kappa shape index (κ2) is 8.57. The van der Waals surface area contributed by atoms with Gasteiger partial charge in [0.2, 0.25) is 0 Å². The lowest BCUT2D eigenvalue weighted by atomic mass is 10.2. The molecule has 0 aliphatic carbocycles. The first-order valence-corrected chi connectivity index (χ1v) is 7.45. The van der Waals surface area contributed by atoms with E-state index in [-0.39, 0.29) is 11.8 Å². The molecular formula is C13H21ClN4O4. The Morgan fingerprint density at radius 1 is 1.36 bits per heavy atom. The number of aromatic nitrogens is 3. The van der Waals surface area contributed by atoms with Gasteiger partial charge in [-0.05, 0) is 33.6 Å². The number of aryl methyl sites for hydroxylation is 1. The van der Waals surface area contributed by atoms with E-state index in [0.29, 0.717) is 13.1 Å². The van der Waals surface area contributed by atoms with Crippen LogP contribution in [0.5, 0.6) is 0 Å². The van der Waals surface area contributed by atoms with E-state index in [1.807, 2.05) is 20.8 Å². The predicted molar refractivity (Wildman–Crippen MR) is 79.6 cm³/mol. The van der Waals surface area contributed by atoms with Gasteiger partial charge in [0.1, 0.15) is 5.60 Å². The first-order valence-electron chi connectivity index (χ1n) is 6.92. The minimum atomic E-state index is -0.604. The molecule has 0 spiro atoms. The SMILES string of the molecule is CC(C)(C)OC(=O)NCCCCn1cc(C(=O)OCCl)nn1. The molecule has 1 amide bonds. The summed E-state index contributed by atoms with van der Waals surface area (Å²) in [5.74, 6) is -0.604. The summed E-state index contributed by atoms with van der Waals surface area (Å²) in [5, 5.41) is 10.2. The first kappa shape index (κ1) is 18.2. The van der Waals surface area contributed by atoms with Crippen LogP contribution in [-0.4, -0.2) is 45.3 Å². The Hall–Kier alpha value is -1.83. The van der Waals surface area contributed by atoms with Crippen LogP contribution in [0.1, 0.15) is 44.1 Å². The number of rotatable bonds is 7. The van der Waals surface area contributed by atoms with Crippen molar-refractivity contribution in [1.82, 2.24) is 20.3 Å². The average molecular weight is 333 g/mol. The maximum Gasteiger partial charge on any atom is 0.407 e. The summed E-state index contributed by atoms with van der Waals surface area (Å²) < 4.78 is 11.3. The van der Waals surface area contributed by atoms with Gasteiger partial charge in [-0.25, -0.2) is 9.59 Å². The van der Waals surface area contributed by atoms with Crippen molar-refractivity contribution >= 4 is 23.7 Å². The van der Waals surface area contributed by atoms with Crippen LogP contribution in [0, 0.1) is 0 Å². The normalized spacial score (nSPS) is 11.1. The van der Waals surface area contributed by atoms with E-state index in [2.05, 4.69) is 20.4 Å². The number of alkyl carbamates (subject to hydrolysis) is 1. The lowest BCUT2D eigenvalue weighted by Gasteiger charge is -2.19. The van der Waals surface area contributed by atoms with E-state index in [9.17, 15) is 9.59 Å². The van der Waals surface area contributed by atoms with Crippen molar-refractivity contribution in [3.05, 3.63) is 11.9 Å². The number of carbonyl (C=O) groups excluding carboxylic acids is 2. The average Bonchev–Trinajstić information content (AvgIpc) is 2.85. The van der Waals surface area contributed by atoms with Crippen LogP contribution in [0.3, 0.4) is 0 Å². The Bertz CT molecular complexity index is 498. The zero-order valence-electron chi connectivity index (χ0n) is 13.0. The highest BCUT2D eigenvalue weighted by atomic mass is 35.5. The van der Waals surface area contributed by atoms with Crippen LogP contribution < -0.4 is 5.32 Å². The fraction of sp³-hybridized carbons (Fsp3) is 0.692. The monoisotopic (exact) mass is 332 g/mol. The van der Waals surface area contributed by atoms with Crippen LogP contribution in [0.25, 0.3) is 0 Å². The van der Waals surface area contributed by atoms with E-state index in [1.165, 1.54) is 10.9 Å². The lowest BCUT2D eigenvalue weighted by molar-refractivity contribution is 0.0524. The van der Waals surface area contributed by atoms with Crippen LogP contribution in [-0.2, 0) is 16.0 Å². The third-order valence-electron chi connectivity index (χ3n) is 2.42. The molecule has 0 fully saturated rings. The van der Waals surface area contributed by atoms with E-state index in [1.54, 1.807) is 0 Å². The van der Waals surface area contributed by atoms with Gasteiger partial charge < -0.3 is 14.8 Å². The molecule has 0 radical (unpaired) electrons. The molecule has 1 aromatic heterocycles. The highest BCUT2D eigenvalue weighted by Gasteiger charge is 2.15. The Morgan fingerprint density at radius 3 is 2.73 bits per heavy atom. The van der Waals surface area contributed by atoms with E-state index in [0.717, 1.165) is 12.8 Å². The van der Waals surface area contributed by atoms with Crippen LogP contribution >= 0.6 is 11.6 Å². The summed E-state index contributed by atoms with van der Waals surface area (Å²) in [5.41, 5.74) is -0.383. The second-order valence-electron chi connectivity index (χ2n) is 5.54. The maximum atomic E-state index is 11.4. The van der Waals surface area contributed by atoms with Gasteiger partial charge in [0.05, 0.1) is 6.20 Å². The highest BCUT2D eigenvalue weighted by molar-refractivity contribution is 6.17. The van der Waals surface area contributed by atoms with Gasteiger partial charge in [-0.15, -0.1) is 5.10 Å². The number of hydrogen-bond donors (Lipinski definition) is 1. The fourth-order valence-electron chi connectivity index (χ4n) is 1.53. The van der Waals surface area contributed by atoms with Gasteiger partial charge in [-0.2, -0.15) is 0 Å². The molecule has 0 bridgehead atoms. The van der Waals surface area contributed by atoms with Crippen molar-refractivity contribution in [2.45, 2.75) is 45.8 Å². The predicted octanol–water partition coefficient (Wildman–Crippen LogP) is 1.94. The number of ether oxygens (including phenoxy) is 2. The topological polar surface area (TPSA) is 95.3 Å². The quantitative estimate of drug-likeness (QED) is 0.465. The number of esters is 1. The van der Waals surface area contributed by atoms with Crippen molar-refractivity contribution in [3.8, 4) is 0 Å². The smallest absolute Gasteiger partial charge is 0.407 e. The van der Waals surface area contributed by atoms with E-state index >= 15 is 0 Å². The summed E-state index contributed by atoms with van der Waals surface area (Å²) in [7, 11) is 0. The molecule has 124 valence electrons. The zero-order chi connectivity index (χ0) is 16.6. The summed E-state index contributed by atoms with van der Waals surface area (Å²) in [6, 6.07) is -0.220. The standard InChI is InChI=1S/C13H21ClN4O4/c1-13(2,3)22-12(20)15-6-4-5-7-18-8-10(16-17-18)11(19)21-9-14/h8H,4-7,9H2,1-3H3,(H,15,20). The molecule has 0 unspecified atom stereocenters. The summed E-state index contributed by atoms with van der Waals surface area (Å²) in [4.78, 5) is 22.7. The largest absolute Gasteiger partial charge is 0.445 e. The van der Waals surface area contributed by atoms with E-state index < -0.39 is 17.7 Å². The minimum absolute atomic E-state index is 0.118. The number of amides is 1. The number of unbranched alkanes of at least 4 members (excludes halogenated alkanes) is 1. The van der Waals surface area contributed by atoms with Gasteiger partial charge >= 0.3 is 12.1 Å². The number of nitrogens with zero attached hydrogens (tertiary/aromatic N) is 3. The molecule has 1 rings (SSSR count). The van der Waals surface area contributed by atoms with Crippen molar-refractivity contribution in [2.24, 2.45) is 0 Å². The van der Waals surface area contributed by atoms with Crippen LogP contribution in [0.15, 0.2) is 6.20 Å². The molecule has 1 aromatic rings. The van der Waals surface area contributed by atoms with E-state index in [4.69, 9.17) is 16.3 Å². The maximum absolute atomic E-state index is 11.4. The van der Waals surface area contributed by atoms with Gasteiger partial charge in [0.15, 0.2) is 11.8 Å². The highest BCUT2D eigenvalue weighted by Crippen LogP contribution is 2.06. The number of nitrogens with one attached hydrogen (secondary N) is 1. The van der Waals surface area contributed by atoms with Crippen LogP contribution in [0.2, 0.25) is 0 Å². The van der Waals surface area contributed by atoms with Crippen molar-refractivity contribution in [2.75, 3.05) is 12.6 Å². The molecule has 1 N–H and O–H groups in total. The number of hydrogen-bond acceptors (Lipinski definition) is 6. The summed E-state index contributed by atoms with van der Waals surface area (Å²) in [6.45, 7) is 6.51. The molecular weight excluding hydrogens is 312 g/mol. The number of halogens is 1. The molecule has 9 heteroatoms. The molecule has 0 saturated carbocycles. The number of alkyl halides is 1. The fourth-order valence-corrected chi connectivity index (χ4v) is 1.63. The molecule has 0 aliphatic rings. The Balaban J connectivity index is 2.20. The van der Waals surface area contributed by atoms with Crippen molar-refractivity contribution in [3.63, 3.8) is 0 Å². The first-order chi connectivity index (χ1) is 10.3. The number of carbonyl (C=O) groups is 2. The Morgan fingerprint density at radius 2 is 2.09 bits per heavy atom. The molecule has 0 saturated heterocycles. The van der Waals surface area contributed by atoms with Gasteiger partial charge in [0.25, 0.3) is 0 Å². The van der Waals surface area contributed by atoms with Crippen LogP contribution in [0.4, 0.5) is 4.79 Å². The second-order valence-corrected chi connectivity index (χ2v) is 5.76. The third kappa shape index (κ3) is 7.26. The molecule has 0 aliphatic heterocycles. The molecule has 8 nitrogen and oxygen atoms in total. The van der Waals surface area contributed by atoms with Gasteiger partial charge in [-0.1, -0.05) is 16.8 Å². The molecule has 0 aromatic carbocycles. The zero-order valence-corrected chi connectivity index (χ0v) is 13.7. The van der Waals surface area contributed by atoms with Crippen molar-refractivity contribution < 1.29 is 19.1 Å². The third-order valence-corrected chi connectivity index (χ3v) is 2.52. The van der Waals surface area contributed by atoms with Crippen molar-refractivity contribution in [1.29, 1.82) is 0 Å². The summed E-state index contributed by atoms with van der Waals surface area (Å²) >= 11 is 5.29. The lowest BCUT2D eigenvalue weighted by Crippen LogP contribution is -2.33. The molecule has 0 atom stereocenters. The minimum Gasteiger partial charge on any atom is -0.445 e. The summed E-state index contributed by atoms with van der Waals surface area (Å²) in [6.07, 6.45) is 2.58.